The Hall–Kier alpha value is -2.90. The van der Waals surface area contributed by atoms with E-state index in [1.807, 2.05) is 30.2 Å². The van der Waals surface area contributed by atoms with Crippen LogP contribution in [0.25, 0.3) is 0 Å². The molecular weight excluding hydrogens is 344 g/mol. The fraction of sp³-hybridized carbons (Fsp3) is 0.474. The van der Waals surface area contributed by atoms with Crippen molar-refractivity contribution in [3.63, 3.8) is 0 Å². The molecule has 2 aromatic rings. The molecule has 1 aliphatic heterocycles. The number of aliphatic imine (C=N–C) groups is 1. The van der Waals surface area contributed by atoms with Crippen LogP contribution in [0.3, 0.4) is 0 Å². The van der Waals surface area contributed by atoms with Crippen LogP contribution in [-0.4, -0.2) is 54.1 Å². The van der Waals surface area contributed by atoms with Crippen molar-refractivity contribution in [1.82, 2.24) is 20.4 Å². The Morgan fingerprint density at radius 1 is 1.44 bits per heavy atom. The number of hydrogen-bond donors (Lipinski definition) is 3. The first-order valence-corrected chi connectivity index (χ1v) is 9.15. The molecule has 3 N–H and O–H groups in total. The number of nitrogens with one attached hydrogen (secondary N) is 2. The molecule has 8 nitrogen and oxygen atoms in total. The van der Waals surface area contributed by atoms with E-state index < -0.39 is 0 Å². The predicted octanol–water partition coefficient (Wildman–Crippen LogP) is 1.47. The molecule has 0 amide bonds. The van der Waals surface area contributed by atoms with Gasteiger partial charge in [0.1, 0.15) is 11.5 Å². The van der Waals surface area contributed by atoms with E-state index in [2.05, 4.69) is 25.6 Å². The fourth-order valence-corrected chi connectivity index (χ4v) is 3.30. The third kappa shape index (κ3) is 4.84. The second-order valence-electron chi connectivity index (χ2n) is 6.72. The number of phenolic OH excluding ortho intramolecular Hbond substituents is 1. The number of benzene rings is 1. The Labute approximate surface area is 159 Å². The Kier molecular flexibility index (Phi) is 6.05. The third-order valence-electron chi connectivity index (χ3n) is 4.78. The molecule has 0 bridgehead atoms. The van der Waals surface area contributed by atoms with Crippen molar-refractivity contribution in [3.05, 3.63) is 36.2 Å². The number of ether oxygens (including phenoxy) is 1. The number of hydrogen-bond acceptors (Lipinski definition) is 5. The molecule has 146 valence electrons. The van der Waals surface area contributed by atoms with Gasteiger partial charge in [0, 0.05) is 51.5 Å². The number of guanidine groups is 1. The molecule has 1 atom stereocenters. The van der Waals surface area contributed by atoms with Gasteiger partial charge in [-0.05, 0) is 31.0 Å². The van der Waals surface area contributed by atoms with Gasteiger partial charge in [0.15, 0.2) is 5.96 Å². The molecule has 1 aromatic heterocycles. The highest BCUT2D eigenvalue weighted by Gasteiger charge is 2.21. The summed E-state index contributed by atoms with van der Waals surface area (Å²) in [6.45, 7) is 2.39. The van der Waals surface area contributed by atoms with Crippen LogP contribution in [0.2, 0.25) is 0 Å². The maximum absolute atomic E-state index is 10.0. The van der Waals surface area contributed by atoms with E-state index in [9.17, 15) is 5.11 Å². The van der Waals surface area contributed by atoms with E-state index >= 15 is 0 Å². The largest absolute Gasteiger partial charge is 0.508 e. The molecule has 1 saturated heterocycles. The normalized spacial score (nSPS) is 17.7. The van der Waals surface area contributed by atoms with Crippen molar-refractivity contribution in [1.29, 1.82) is 0 Å². The summed E-state index contributed by atoms with van der Waals surface area (Å²) < 4.78 is 7.05. The monoisotopic (exact) mass is 372 g/mol. The van der Waals surface area contributed by atoms with Gasteiger partial charge in [0.25, 0.3) is 0 Å². The molecule has 1 aromatic carbocycles. The van der Waals surface area contributed by atoms with Crippen LogP contribution in [0.4, 0.5) is 5.69 Å². The van der Waals surface area contributed by atoms with Gasteiger partial charge in [-0.15, -0.1) is 0 Å². The van der Waals surface area contributed by atoms with Crippen LogP contribution in [0, 0.1) is 0 Å². The quantitative estimate of drug-likeness (QED) is 0.544. The molecule has 1 aliphatic rings. The summed E-state index contributed by atoms with van der Waals surface area (Å²) in [6, 6.07) is 5.49. The first kappa shape index (κ1) is 18.9. The van der Waals surface area contributed by atoms with Crippen LogP contribution in [0.15, 0.2) is 35.6 Å². The molecule has 0 radical (unpaired) electrons. The van der Waals surface area contributed by atoms with E-state index in [1.165, 1.54) is 0 Å². The molecule has 3 rings (SSSR count). The minimum absolute atomic E-state index is 0.235. The number of nitrogens with zero attached hydrogens (tertiary/aromatic N) is 4. The van der Waals surface area contributed by atoms with Gasteiger partial charge >= 0.3 is 0 Å². The summed E-state index contributed by atoms with van der Waals surface area (Å²) in [7, 11) is 5.30. The predicted molar refractivity (Wildman–Crippen MR) is 106 cm³/mol. The summed E-state index contributed by atoms with van der Waals surface area (Å²) in [4.78, 5) is 6.66. The zero-order valence-electron chi connectivity index (χ0n) is 16.1. The molecular formula is C19H28N6O2. The smallest absolute Gasteiger partial charge is 0.191 e. The Morgan fingerprint density at radius 3 is 3.00 bits per heavy atom. The van der Waals surface area contributed by atoms with E-state index in [0.29, 0.717) is 18.3 Å². The lowest BCUT2D eigenvalue weighted by molar-refractivity contribution is 0.410. The van der Waals surface area contributed by atoms with Crippen LogP contribution in [0.5, 0.6) is 11.5 Å². The van der Waals surface area contributed by atoms with Crippen LogP contribution in [0.1, 0.15) is 18.4 Å². The standard InChI is InChI=1S/C19H28N6O2/c1-20-19(21-10-14-9-17(27-3)6-7-18(14)26)23-15-5-4-8-25(12-15)16-11-22-24(2)13-16/h6-7,9,11,13,15,26H,4-5,8,10,12H2,1-3H3,(H2,20,21,23). The SMILES string of the molecule is CN=C(NCc1cc(OC)ccc1O)NC1CCCN(c2cnn(C)c2)C1. The van der Waals surface area contributed by atoms with Gasteiger partial charge in [-0.3, -0.25) is 9.67 Å². The zero-order chi connectivity index (χ0) is 19.2. The highest BCUT2D eigenvalue weighted by Crippen LogP contribution is 2.22. The van der Waals surface area contributed by atoms with Crippen LogP contribution >= 0.6 is 0 Å². The Balaban J connectivity index is 1.57. The molecule has 0 aliphatic carbocycles. The van der Waals surface area contributed by atoms with Crippen molar-refractivity contribution in [2.75, 3.05) is 32.1 Å². The third-order valence-corrected chi connectivity index (χ3v) is 4.78. The van der Waals surface area contributed by atoms with Crippen molar-refractivity contribution in [2.45, 2.75) is 25.4 Å². The number of aryl methyl sites for hydroxylation is 1. The number of piperidine rings is 1. The van der Waals surface area contributed by atoms with E-state index in [0.717, 1.165) is 43.1 Å². The maximum Gasteiger partial charge on any atom is 0.191 e. The van der Waals surface area contributed by atoms with E-state index in [-0.39, 0.29) is 5.75 Å². The van der Waals surface area contributed by atoms with Gasteiger partial charge in [-0.25, -0.2) is 0 Å². The molecule has 27 heavy (non-hydrogen) atoms. The van der Waals surface area contributed by atoms with Gasteiger partial charge in [0.2, 0.25) is 0 Å². The Morgan fingerprint density at radius 2 is 2.30 bits per heavy atom. The number of phenols is 1. The van der Waals surface area contributed by atoms with Crippen LogP contribution in [-0.2, 0) is 13.6 Å². The maximum atomic E-state index is 10.0. The van der Waals surface area contributed by atoms with Gasteiger partial charge < -0.3 is 25.4 Å². The number of rotatable bonds is 5. The summed E-state index contributed by atoms with van der Waals surface area (Å²) in [5.74, 6) is 1.67. The van der Waals surface area contributed by atoms with E-state index in [1.54, 1.807) is 26.3 Å². The van der Waals surface area contributed by atoms with Gasteiger partial charge in [-0.1, -0.05) is 0 Å². The van der Waals surface area contributed by atoms with Gasteiger partial charge in [-0.2, -0.15) is 5.10 Å². The van der Waals surface area contributed by atoms with E-state index in [4.69, 9.17) is 4.74 Å². The molecule has 8 heteroatoms. The lowest BCUT2D eigenvalue weighted by Gasteiger charge is -2.34. The minimum Gasteiger partial charge on any atom is -0.508 e. The summed E-state index contributed by atoms with van der Waals surface area (Å²) in [5, 5.41) is 21.1. The lowest BCUT2D eigenvalue weighted by atomic mass is 10.1. The molecule has 0 spiro atoms. The summed E-state index contributed by atoms with van der Waals surface area (Å²) >= 11 is 0. The minimum atomic E-state index is 0.235. The number of aromatic hydroxyl groups is 1. The number of anilines is 1. The topological polar surface area (TPSA) is 86.9 Å². The summed E-state index contributed by atoms with van der Waals surface area (Å²) in [5.41, 5.74) is 1.91. The highest BCUT2D eigenvalue weighted by atomic mass is 16.5. The lowest BCUT2D eigenvalue weighted by Crippen LogP contribution is -2.51. The highest BCUT2D eigenvalue weighted by molar-refractivity contribution is 5.80. The molecule has 1 unspecified atom stereocenters. The number of methoxy groups -OCH3 is 1. The van der Waals surface area contributed by atoms with Crippen molar-refractivity contribution >= 4 is 11.6 Å². The fourth-order valence-electron chi connectivity index (χ4n) is 3.30. The molecule has 0 saturated carbocycles. The van der Waals surface area contributed by atoms with Crippen LogP contribution < -0.4 is 20.3 Å². The second-order valence-corrected chi connectivity index (χ2v) is 6.72. The first-order valence-electron chi connectivity index (χ1n) is 9.15. The average molecular weight is 372 g/mol. The summed E-state index contributed by atoms with van der Waals surface area (Å²) in [6.07, 6.45) is 6.14. The Bertz CT molecular complexity index is 788. The average Bonchev–Trinajstić information content (AvgIpc) is 3.13. The number of aromatic nitrogens is 2. The van der Waals surface area contributed by atoms with Crippen molar-refractivity contribution in [2.24, 2.45) is 12.0 Å². The first-order chi connectivity index (χ1) is 13.1. The molecule has 2 heterocycles. The van der Waals surface area contributed by atoms with Crippen molar-refractivity contribution in [3.8, 4) is 11.5 Å². The van der Waals surface area contributed by atoms with Crippen molar-refractivity contribution < 1.29 is 9.84 Å². The zero-order valence-corrected chi connectivity index (χ0v) is 16.1. The molecule has 1 fully saturated rings. The second kappa shape index (κ2) is 8.66. The van der Waals surface area contributed by atoms with Gasteiger partial charge in [0.05, 0.1) is 19.0 Å².